The number of hydrogen-bond donors (Lipinski definition) is 0. The number of hydrogen-bond acceptors (Lipinski definition) is 2. The van der Waals surface area contributed by atoms with Crippen molar-refractivity contribution in [2.24, 2.45) is 16.7 Å². The average molecular weight is 301 g/mol. The molecule has 1 fully saturated rings. The highest BCUT2D eigenvalue weighted by Crippen LogP contribution is 2.68. The van der Waals surface area contributed by atoms with E-state index in [-0.39, 0.29) is 16.7 Å². The van der Waals surface area contributed by atoms with Gasteiger partial charge in [0.25, 0.3) is 0 Å². The summed E-state index contributed by atoms with van der Waals surface area (Å²) in [5, 5.41) is 2.02. The normalized spacial score (nSPS) is 22.1. The quantitative estimate of drug-likeness (QED) is 0.813. The van der Waals surface area contributed by atoms with Crippen LogP contribution in [0.4, 0.5) is 0 Å². The number of carbonyl (C=O) groups excluding carboxylic acids is 1. The topological polar surface area (TPSA) is 17.1 Å². The fourth-order valence-corrected chi connectivity index (χ4v) is 4.22. The Kier molecular flexibility index (Phi) is 2.83. The third-order valence-electron chi connectivity index (χ3n) is 4.37. The standard InChI is InChI=1S/C13H17BrOS/c1-12(2)11(13(12,3)4)9(15)7-10-8(14)5-6-16-10/h5-6,11H,7H2,1-4H3. The summed E-state index contributed by atoms with van der Waals surface area (Å²) in [6.45, 7) is 8.77. The van der Waals surface area contributed by atoms with E-state index >= 15 is 0 Å². The molecule has 1 aliphatic rings. The van der Waals surface area contributed by atoms with Gasteiger partial charge in [0, 0.05) is 21.7 Å². The molecule has 0 atom stereocenters. The molecule has 0 aromatic carbocycles. The number of halogens is 1. The molecule has 0 saturated heterocycles. The van der Waals surface area contributed by atoms with E-state index in [1.54, 1.807) is 11.3 Å². The van der Waals surface area contributed by atoms with Gasteiger partial charge in [0.1, 0.15) is 5.78 Å². The minimum Gasteiger partial charge on any atom is -0.299 e. The smallest absolute Gasteiger partial charge is 0.142 e. The summed E-state index contributed by atoms with van der Waals surface area (Å²) in [5.41, 5.74) is 0.321. The van der Waals surface area contributed by atoms with E-state index in [0.29, 0.717) is 12.2 Å². The molecule has 88 valence electrons. The van der Waals surface area contributed by atoms with Crippen molar-refractivity contribution >= 4 is 33.0 Å². The van der Waals surface area contributed by atoms with Gasteiger partial charge >= 0.3 is 0 Å². The van der Waals surface area contributed by atoms with Crippen molar-refractivity contribution in [3.63, 3.8) is 0 Å². The molecule has 0 spiro atoms. The molecule has 1 aromatic rings. The zero-order valence-electron chi connectivity index (χ0n) is 10.1. The molecule has 1 nitrogen and oxygen atoms in total. The molecule has 0 unspecified atom stereocenters. The highest BCUT2D eigenvalue weighted by molar-refractivity contribution is 9.10. The molecule has 0 radical (unpaired) electrons. The van der Waals surface area contributed by atoms with Crippen LogP contribution in [0.5, 0.6) is 0 Å². The Morgan fingerprint density at radius 3 is 2.31 bits per heavy atom. The van der Waals surface area contributed by atoms with Gasteiger partial charge in [0.15, 0.2) is 0 Å². The zero-order valence-corrected chi connectivity index (χ0v) is 12.5. The van der Waals surface area contributed by atoms with Crippen LogP contribution >= 0.6 is 27.3 Å². The van der Waals surface area contributed by atoms with Crippen molar-refractivity contribution in [1.29, 1.82) is 0 Å². The zero-order chi connectivity index (χ0) is 12.1. The molecule has 0 amide bonds. The van der Waals surface area contributed by atoms with Gasteiger partial charge in [-0.15, -0.1) is 11.3 Å². The van der Waals surface area contributed by atoms with Gasteiger partial charge in [-0.25, -0.2) is 0 Å². The van der Waals surface area contributed by atoms with E-state index in [0.717, 1.165) is 9.35 Å². The lowest BCUT2D eigenvalue weighted by Gasteiger charge is -2.03. The summed E-state index contributed by atoms with van der Waals surface area (Å²) < 4.78 is 1.07. The Hall–Kier alpha value is -0.150. The second-order valence-electron chi connectivity index (χ2n) is 5.71. The van der Waals surface area contributed by atoms with Crippen LogP contribution in [0.1, 0.15) is 32.6 Å². The van der Waals surface area contributed by atoms with Gasteiger partial charge in [-0.2, -0.15) is 0 Å². The first-order chi connectivity index (χ1) is 7.28. The number of Topliss-reactive ketones (excluding diaryl/α,β-unsaturated/α-hetero) is 1. The molecular weight excluding hydrogens is 284 g/mol. The lowest BCUT2D eigenvalue weighted by Crippen LogP contribution is -2.09. The summed E-state index contributed by atoms with van der Waals surface area (Å²) in [6, 6.07) is 2.01. The molecule has 2 rings (SSSR count). The molecule has 1 aliphatic carbocycles. The maximum atomic E-state index is 12.2. The molecule has 0 aliphatic heterocycles. The van der Waals surface area contributed by atoms with Crippen LogP contribution in [-0.2, 0) is 11.2 Å². The highest BCUT2D eigenvalue weighted by atomic mass is 79.9. The molecule has 3 heteroatoms. The molecule has 1 saturated carbocycles. The Balaban J connectivity index is 2.10. The lowest BCUT2D eigenvalue weighted by atomic mass is 10.0. The predicted octanol–water partition coefficient (Wildman–Crippen LogP) is 4.30. The van der Waals surface area contributed by atoms with Crippen LogP contribution in [0.15, 0.2) is 15.9 Å². The van der Waals surface area contributed by atoms with Gasteiger partial charge in [-0.05, 0) is 38.2 Å². The Morgan fingerprint density at radius 1 is 1.38 bits per heavy atom. The number of rotatable bonds is 3. The minimum absolute atomic E-state index is 0.161. The van der Waals surface area contributed by atoms with Gasteiger partial charge in [-0.1, -0.05) is 27.7 Å². The molecule has 1 heterocycles. The summed E-state index contributed by atoms with van der Waals surface area (Å²) >= 11 is 5.14. The number of thiophene rings is 1. The van der Waals surface area contributed by atoms with Crippen LogP contribution in [-0.4, -0.2) is 5.78 Å². The molecular formula is C13H17BrOS. The first-order valence-corrected chi connectivity index (χ1v) is 7.20. The van der Waals surface area contributed by atoms with Crippen LogP contribution in [0, 0.1) is 16.7 Å². The fraction of sp³-hybridized carbons (Fsp3) is 0.615. The highest BCUT2D eigenvalue weighted by Gasteiger charge is 2.67. The molecule has 0 bridgehead atoms. The van der Waals surface area contributed by atoms with Gasteiger partial charge in [0.05, 0.1) is 0 Å². The maximum Gasteiger partial charge on any atom is 0.142 e. The number of carbonyl (C=O) groups is 1. The van der Waals surface area contributed by atoms with Gasteiger partial charge < -0.3 is 0 Å². The molecule has 0 N–H and O–H groups in total. The maximum absolute atomic E-state index is 12.2. The van der Waals surface area contributed by atoms with E-state index in [1.165, 1.54) is 0 Å². The van der Waals surface area contributed by atoms with Gasteiger partial charge in [0.2, 0.25) is 0 Å². The van der Waals surface area contributed by atoms with Crippen molar-refractivity contribution in [1.82, 2.24) is 0 Å². The third-order valence-corrected chi connectivity index (χ3v) is 6.29. The first-order valence-electron chi connectivity index (χ1n) is 5.53. The first kappa shape index (κ1) is 12.3. The van der Waals surface area contributed by atoms with Crippen molar-refractivity contribution in [2.75, 3.05) is 0 Å². The Bertz CT molecular complexity index is 417. The second-order valence-corrected chi connectivity index (χ2v) is 7.57. The summed E-state index contributed by atoms with van der Waals surface area (Å²) in [4.78, 5) is 13.4. The SMILES string of the molecule is CC1(C)C(C(=O)Cc2sccc2Br)C1(C)C. The number of ketones is 1. The van der Waals surface area contributed by atoms with E-state index in [4.69, 9.17) is 0 Å². The fourth-order valence-electron chi connectivity index (χ4n) is 2.71. The summed E-state index contributed by atoms with van der Waals surface area (Å²) in [5.74, 6) is 0.604. The van der Waals surface area contributed by atoms with Crippen LogP contribution < -0.4 is 0 Å². The third kappa shape index (κ3) is 1.68. The van der Waals surface area contributed by atoms with Crippen molar-refractivity contribution in [2.45, 2.75) is 34.1 Å². The van der Waals surface area contributed by atoms with E-state index in [9.17, 15) is 4.79 Å². The van der Waals surface area contributed by atoms with Crippen LogP contribution in [0.3, 0.4) is 0 Å². The Labute approximate surface area is 109 Å². The van der Waals surface area contributed by atoms with Crippen molar-refractivity contribution in [3.8, 4) is 0 Å². The summed E-state index contributed by atoms with van der Waals surface area (Å²) in [7, 11) is 0. The second kappa shape index (κ2) is 3.67. The monoisotopic (exact) mass is 300 g/mol. The molecule has 16 heavy (non-hydrogen) atoms. The lowest BCUT2D eigenvalue weighted by molar-refractivity contribution is -0.120. The van der Waals surface area contributed by atoms with Crippen LogP contribution in [0.25, 0.3) is 0 Å². The van der Waals surface area contributed by atoms with Crippen molar-refractivity contribution in [3.05, 3.63) is 20.8 Å². The van der Waals surface area contributed by atoms with Crippen LogP contribution in [0.2, 0.25) is 0 Å². The minimum atomic E-state index is 0.161. The summed E-state index contributed by atoms with van der Waals surface area (Å²) in [6.07, 6.45) is 0.579. The van der Waals surface area contributed by atoms with Gasteiger partial charge in [-0.3, -0.25) is 4.79 Å². The predicted molar refractivity (Wildman–Crippen MR) is 71.8 cm³/mol. The Morgan fingerprint density at radius 2 is 1.94 bits per heavy atom. The van der Waals surface area contributed by atoms with Crippen molar-refractivity contribution < 1.29 is 4.79 Å². The van der Waals surface area contributed by atoms with E-state index in [2.05, 4.69) is 43.6 Å². The van der Waals surface area contributed by atoms with E-state index < -0.39 is 0 Å². The largest absolute Gasteiger partial charge is 0.299 e. The molecule has 1 aromatic heterocycles. The van der Waals surface area contributed by atoms with E-state index in [1.807, 2.05) is 11.4 Å². The average Bonchev–Trinajstić information content (AvgIpc) is 2.44.